The summed E-state index contributed by atoms with van der Waals surface area (Å²) in [5, 5.41) is 7.34. The first kappa shape index (κ1) is 14.8. The first-order valence-corrected chi connectivity index (χ1v) is 7.95. The third kappa shape index (κ3) is 2.91. The van der Waals surface area contributed by atoms with Gasteiger partial charge >= 0.3 is 0 Å². The van der Waals surface area contributed by atoms with Crippen LogP contribution in [-0.2, 0) is 0 Å². The van der Waals surface area contributed by atoms with E-state index < -0.39 is 0 Å². The zero-order valence-electron chi connectivity index (χ0n) is 13.5. The molecule has 2 aromatic rings. The van der Waals surface area contributed by atoms with Gasteiger partial charge in [-0.1, -0.05) is 13.8 Å². The van der Waals surface area contributed by atoms with Crippen molar-refractivity contribution in [1.82, 2.24) is 19.9 Å². The number of fused-ring (bicyclic) bond motifs is 1. The fraction of sp³-hybridized carbons (Fsp3) is 0.562. The van der Waals surface area contributed by atoms with E-state index in [0.717, 1.165) is 30.1 Å². The van der Waals surface area contributed by atoms with Gasteiger partial charge in [-0.3, -0.25) is 4.79 Å². The number of nitrogens with zero attached hydrogens (tertiary/aromatic N) is 4. The highest BCUT2D eigenvalue weighted by molar-refractivity contribution is 5.94. The Hall–Kier alpha value is -2.11. The molecule has 0 aromatic carbocycles. The summed E-state index contributed by atoms with van der Waals surface area (Å²) >= 11 is 0. The van der Waals surface area contributed by atoms with Crippen LogP contribution in [0.5, 0.6) is 0 Å². The minimum atomic E-state index is -0.123. The highest BCUT2D eigenvalue weighted by atomic mass is 16.1. The number of anilines is 1. The Bertz CT molecular complexity index is 685. The van der Waals surface area contributed by atoms with Gasteiger partial charge in [0.2, 0.25) is 0 Å². The number of hydrogen-bond donors (Lipinski definition) is 1. The van der Waals surface area contributed by atoms with Gasteiger partial charge in [0.25, 0.3) is 5.91 Å². The molecule has 0 unspecified atom stereocenters. The monoisotopic (exact) mass is 301 g/mol. The Morgan fingerprint density at radius 3 is 2.77 bits per heavy atom. The van der Waals surface area contributed by atoms with Crippen LogP contribution in [0.25, 0.3) is 5.52 Å². The topological polar surface area (TPSA) is 62.5 Å². The van der Waals surface area contributed by atoms with Crippen molar-refractivity contribution < 1.29 is 4.79 Å². The second kappa shape index (κ2) is 5.94. The second-order valence-corrected chi connectivity index (χ2v) is 6.36. The van der Waals surface area contributed by atoms with E-state index in [1.54, 1.807) is 4.52 Å². The summed E-state index contributed by atoms with van der Waals surface area (Å²) < 4.78 is 1.78. The molecule has 22 heavy (non-hydrogen) atoms. The first-order chi connectivity index (χ1) is 10.5. The lowest BCUT2D eigenvalue weighted by molar-refractivity contribution is 0.0943. The van der Waals surface area contributed by atoms with Gasteiger partial charge in [-0.05, 0) is 25.7 Å². The standard InChI is InChI=1S/C16H23N5O/c1-11(2)9-17-16(22)13-8-14-15(20-6-4-5-7-20)18-12(3)10-21(14)19-13/h8,10-11H,4-7,9H2,1-3H3,(H,17,22). The summed E-state index contributed by atoms with van der Waals surface area (Å²) in [6, 6.07) is 1.84. The molecule has 3 heterocycles. The quantitative estimate of drug-likeness (QED) is 0.938. The van der Waals surface area contributed by atoms with Gasteiger partial charge < -0.3 is 10.2 Å². The largest absolute Gasteiger partial charge is 0.355 e. The molecule has 1 aliphatic rings. The number of amides is 1. The number of nitrogens with one attached hydrogen (secondary N) is 1. The normalized spacial score (nSPS) is 15.0. The molecule has 118 valence electrons. The molecule has 0 spiro atoms. The average molecular weight is 301 g/mol. The molecule has 0 atom stereocenters. The van der Waals surface area contributed by atoms with Crippen LogP contribution in [-0.4, -0.2) is 40.1 Å². The van der Waals surface area contributed by atoms with E-state index in [4.69, 9.17) is 0 Å². The fourth-order valence-corrected chi connectivity index (χ4v) is 2.75. The van der Waals surface area contributed by atoms with Crippen LogP contribution in [0.3, 0.4) is 0 Å². The molecule has 1 aliphatic heterocycles. The van der Waals surface area contributed by atoms with Gasteiger partial charge in [0.05, 0.1) is 11.9 Å². The van der Waals surface area contributed by atoms with Crippen molar-refractivity contribution in [3.8, 4) is 0 Å². The molecule has 0 bridgehead atoms. The molecular weight excluding hydrogens is 278 g/mol. The second-order valence-electron chi connectivity index (χ2n) is 6.36. The predicted molar refractivity (Wildman–Crippen MR) is 86.3 cm³/mol. The fourth-order valence-electron chi connectivity index (χ4n) is 2.75. The van der Waals surface area contributed by atoms with Gasteiger partial charge in [-0.2, -0.15) is 5.10 Å². The lowest BCUT2D eigenvalue weighted by Crippen LogP contribution is -2.27. The van der Waals surface area contributed by atoms with Crippen LogP contribution in [0.1, 0.15) is 42.9 Å². The van der Waals surface area contributed by atoms with Crippen molar-refractivity contribution in [3.63, 3.8) is 0 Å². The molecule has 1 fully saturated rings. The van der Waals surface area contributed by atoms with Crippen LogP contribution in [0, 0.1) is 12.8 Å². The highest BCUT2D eigenvalue weighted by Gasteiger charge is 2.20. The summed E-state index contributed by atoms with van der Waals surface area (Å²) in [4.78, 5) is 19.2. The summed E-state index contributed by atoms with van der Waals surface area (Å²) in [6.45, 7) is 8.80. The van der Waals surface area contributed by atoms with Crippen molar-refractivity contribution in [2.24, 2.45) is 5.92 Å². The van der Waals surface area contributed by atoms with Gasteiger partial charge in [-0.25, -0.2) is 9.50 Å². The Kier molecular flexibility index (Phi) is 4.00. The third-order valence-electron chi connectivity index (χ3n) is 3.87. The van der Waals surface area contributed by atoms with Gasteiger partial charge in [0.1, 0.15) is 5.52 Å². The van der Waals surface area contributed by atoms with Crippen LogP contribution in [0.2, 0.25) is 0 Å². The third-order valence-corrected chi connectivity index (χ3v) is 3.87. The maximum Gasteiger partial charge on any atom is 0.271 e. The number of hydrogen-bond acceptors (Lipinski definition) is 4. The van der Waals surface area contributed by atoms with E-state index in [9.17, 15) is 4.79 Å². The number of aryl methyl sites for hydroxylation is 1. The molecule has 0 radical (unpaired) electrons. The van der Waals surface area contributed by atoms with E-state index in [1.165, 1.54) is 12.8 Å². The summed E-state index contributed by atoms with van der Waals surface area (Å²) in [6.07, 6.45) is 4.25. The number of carbonyl (C=O) groups is 1. The minimum absolute atomic E-state index is 0.123. The van der Waals surface area contributed by atoms with Crippen LogP contribution in [0.4, 0.5) is 5.82 Å². The van der Waals surface area contributed by atoms with Crippen LogP contribution >= 0.6 is 0 Å². The lowest BCUT2D eigenvalue weighted by atomic mass is 10.2. The molecular formula is C16H23N5O. The van der Waals surface area contributed by atoms with Gasteiger partial charge in [-0.15, -0.1) is 0 Å². The van der Waals surface area contributed by atoms with Crippen LogP contribution < -0.4 is 10.2 Å². The van der Waals surface area contributed by atoms with E-state index in [-0.39, 0.29) is 5.91 Å². The predicted octanol–water partition coefficient (Wildman–Crippen LogP) is 2.02. The maximum atomic E-state index is 12.2. The minimum Gasteiger partial charge on any atom is -0.355 e. The summed E-state index contributed by atoms with van der Waals surface area (Å²) in [5.41, 5.74) is 2.27. The van der Waals surface area contributed by atoms with Gasteiger partial charge in [0, 0.05) is 25.7 Å². The maximum absolute atomic E-state index is 12.2. The Morgan fingerprint density at radius 1 is 1.36 bits per heavy atom. The van der Waals surface area contributed by atoms with E-state index in [2.05, 4.69) is 34.1 Å². The Morgan fingerprint density at radius 2 is 2.09 bits per heavy atom. The van der Waals surface area contributed by atoms with Crippen molar-refractivity contribution in [2.45, 2.75) is 33.6 Å². The molecule has 0 aliphatic carbocycles. The average Bonchev–Trinajstić information content (AvgIpc) is 3.12. The van der Waals surface area contributed by atoms with Crippen LogP contribution in [0.15, 0.2) is 12.3 Å². The van der Waals surface area contributed by atoms with Gasteiger partial charge in [0.15, 0.2) is 11.5 Å². The zero-order valence-corrected chi connectivity index (χ0v) is 13.5. The van der Waals surface area contributed by atoms with E-state index in [1.807, 2.05) is 19.2 Å². The molecule has 3 rings (SSSR count). The Labute approximate surface area is 130 Å². The zero-order chi connectivity index (χ0) is 15.7. The van der Waals surface area contributed by atoms with Crippen molar-refractivity contribution in [3.05, 3.63) is 23.7 Å². The highest BCUT2D eigenvalue weighted by Crippen LogP contribution is 2.24. The molecule has 1 saturated heterocycles. The number of carbonyl (C=O) groups excluding carboxylic acids is 1. The van der Waals surface area contributed by atoms with E-state index >= 15 is 0 Å². The molecule has 6 nitrogen and oxygen atoms in total. The SMILES string of the molecule is Cc1cn2nc(C(=O)NCC(C)C)cc2c(N2CCCC2)n1. The smallest absolute Gasteiger partial charge is 0.271 e. The lowest BCUT2D eigenvalue weighted by Gasteiger charge is -2.17. The number of aromatic nitrogens is 3. The van der Waals surface area contributed by atoms with Crippen molar-refractivity contribution in [2.75, 3.05) is 24.5 Å². The molecule has 1 amide bonds. The number of rotatable bonds is 4. The summed E-state index contributed by atoms with van der Waals surface area (Å²) in [7, 11) is 0. The first-order valence-electron chi connectivity index (χ1n) is 7.95. The van der Waals surface area contributed by atoms with Crippen molar-refractivity contribution >= 4 is 17.2 Å². The Balaban J connectivity index is 1.94. The molecule has 2 aromatic heterocycles. The molecule has 0 saturated carbocycles. The van der Waals surface area contributed by atoms with E-state index in [0.29, 0.717) is 18.2 Å². The molecule has 6 heteroatoms. The molecule has 1 N–H and O–H groups in total. The summed E-state index contributed by atoms with van der Waals surface area (Å²) in [5.74, 6) is 1.24. The van der Waals surface area contributed by atoms with Crippen molar-refractivity contribution in [1.29, 1.82) is 0 Å².